The molecular formula is C25H35N3O4. The van der Waals surface area contributed by atoms with Crippen molar-refractivity contribution < 1.29 is 19.1 Å². The van der Waals surface area contributed by atoms with Gasteiger partial charge in [-0.1, -0.05) is 25.1 Å². The predicted octanol–water partition coefficient (Wildman–Crippen LogP) is 4.39. The molecule has 0 aliphatic rings. The maximum Gasteiger partial charge on any atom is 0.322 e. The van der Waals surface area contributed by atoms with E-state index in [1.165, 1.54) is 0 Å². The molecule has 0 bridgehead atoms. The molecule has 1 atom stereocenters. The number of hydrogen-bond acceptors (Lipinski definition) is 4. The fraction of sp³-hybridized carbons (Fsp3) is 0.440. The number of carbonyl (C=O) groups is 2. The molecule has 2 aromatic rings. The predicted molar refractivity (Wildman–Crippen MR) is 128 cm³/mol. The van der Waals surface area contributed by atoms with Gasteiger partial charge in [0.2, 0.25) is 5.91 Å². The molecule has 32 heavy (non-hydrogen) atoms. The van der Waals surface area contributed by atoms with Crippen molar-refractivity contribution >= 4 is 17.6 Å². The fourth-order valence-electron chi connectivity index (χ4n) is 3.35. The molecule has 0 aliphatic heterocycles. The van der Waals surface area contributed by atoms with E-state index in [0.29, 0.717) is 31.0 Å². The highest BCUT2D eigenvalue weighted by atomic mass is 16.5. The molecule has 7 heteroatoms. The second-order valence-corrected chi connectivity index (χ2v) is 7.79. The Morgan fingerprint density at radius 1 is 1.06 bits per heavy atom. The van der Waals surface area contributed by atoms with Crippen LogP contribution in [0.25, 0.3) is 0 Å². The number of rotatable bonds is 11. The zero-order chi connectivity index (χ0) is 23.5. The quantitative estimate of drug-likeness (QED) is 0.542. The lowest BCUT2D eigenvalue weighted by Crippen LogP contribution is -2.43. The van der Waals surface area contributed by atoms with Crippen molar-refractivity contribution in [3.63, 3.8) is 0 Å². The lowest BCUT2D eigenvalue weighted by Gasteiger charge is -2.28. The Morgan fingerprint density at radius 2 is 1.81 bits per heavy atom. The first-order valence-electron chi connectivity index (χ1n) is 11.0. The molecule has 0 fully saturated rings. The summed E-state index contributed by atoms with van der Waals surface area (Å²) in [5.41, 5.74) is 2.87. The van der Waals surface area contributed by atoms with Gasteiger partial charge in [0.15, 0.2) is 11.5 Å². The van der Waals surface area contributed by atoms with Gasteiger partial charge in [-0.25, -0.2) is 4.79 Å². The van der Waals surface area contributed by atoms with Crippen LogP contribution in [-0.2, 0) is 11.2 Å². The number of urea groups is 1. The summed E-state index contributed by atoms with van der Waals surface area (Å²) < 4.78 is 10.6. The van der Waals surface area contributed by atoms with E-state index in [-0.39, 0.29) is 24.4 Å². The Kier molecular flexibility index (Phi) is 9.85. The molecule has 0 aromatic heterocycles. The summed E-state index contributed by atoms with van der Waals surface area (Å²) in [6.07, 6.45) is 1.73. The first-order chi connectivity index (χ1) is 15.4. The van der Waals surface area contributed by atoms with Gasteiger partial charge in [-0.05, 0) is 62.1 Å². The summed E-state index contributed by atoms with van der Waals surface area (Å²) in [6.45, 7) is 6.86. The third-order valence-electron chi connectivity index (χ3n) is 5.42. The van der Waals surface area contributed by atoms with Gasteiger partial charge in [-0.3, -0.25) is 4.79 Å². The van der Waals surface area contributed by atoms with Crippen LogP contribution in [0.15, 0.2) is 42.5 Å². The molecule has 1 unspecified atom stereocenters. The highest BCUT2D eigenvalue weighted by Gasteiger charge is 2.20. The van der Waals surface area contributed by atoms with Gasteiger partial charge in [0, 0.05) is 31.2 Å². The minimum Gasteiger partial charge on any atom is -0.493 e. The topological polar surface area (TPSA) is 79.9 Å². The summed E-state index contributed by atoms with van der Waals surface area (Å²) in [5.74, 6) is 1.26. The van der Waals surface area contributed by atoms with E-state index in [0.717, 1.165) is 23.2 Å². The molecule has 0 saturated carbocycles. The number of anilines is 1. The molecule has 0 radical (unpaired) electrons. The van der Waals surface area contributed by atoms with Crippen LogP contribution in [0.3, 0.4) is 0 Å². The minimum atomic E-state index is -0.192. The Hall–Kier alpha value is -3.22. The summed E-state index contributed by atoms with van der Waals surface area (Å²) >= 11 is 0. The third-order valence-corrected chi connectivity index (χ3v) is 5.42. The third kappa shape index (κ3) is 7.48. The van der Waals surface area contributed by atoms with Crippen LogP contribution in [0.5, 0.6) is 11.5 Å². The van der Waals surface area contributed by atoms with Gasteiger partial charge in [-0.15, -0.1) is 0 Å². The molecule has 3 amide bonds. The maximum absolute atomic E-state index is 12.8. The van der Waals surface area contributed by atoms with Crippen LogP contribution >= 0.6 is 0 Å². The largest absolute Gasteiger partial charge is 0.493 e. The van der Waals surface area contributed by atoms with Crippen LogP contribution in [0.1, 0.15) is 37.8 Å². The summed E-state index contributed by atoms with van der Waals surface area (Å²) in [6, 6.07) is 13.2. The van der Waals surface area contributed by atoms with Crippen LogP contribution in [-0.4, -0.2) is 50.2 Å². The zero-order valence-electron chi connectivity index (χ0n) is 19.7. The lowest BCUT2D eigenvalue weighted by atomic mass is 10.1. The van der Waals surface area contributed by atoms with Gasteiger partial charge >= 0.3 is 6.03 Å². The number of aryl methyl sites for hydroxylation is 1. The van der Waals surface area contributed by atoms with Crippen molar-refractivity contribution in [2.24, 2.45) is 0 Å². The van der Waals surface area contributed by atoms with Crippen LogP contribution in [0.2, 0.25) is 0 Å². The number of carbonyl (C=O) groups excluding carboxylic acids is 2. The molecule has 0 saturated heterocycles. The Bertz CT molecular complexity index is 901. The van der Waals surface area contributed by atoms with Gasteiger partial charge in [0.05, 0.1) is 14.2 Å². The number of amides is 3. The first kappa shape index (κ1) is 25.0. The molecule has 2 aromatic carbocycles. The summed E-state index contributed by atoms with van der Waals surface area (Å²) in [5, 5.41) is 5.88. The van der Waals surface area contributed by atoms with Crippen LogP contribution in [0.4, 0.5) is 10.5 Å². The van der Waals surface area contributed by atoms with Crippen LogP contribution in [0, 0.1) is 6.92 Å². The highest BCUT2D eigenvalue weighted by molar-refractivity contribution is 5.90. The Labute approximate surface area is 191 Å². The number of methoxy groups -OCH3 is 2. The molecule has 0 aliphatic carbocycles. The van der Waals surface area contributed by atoms with Crippen molar-refractivity contribution in [1.82, 2.24) is 10.2 Å². The molecular weight excluding hydrogens is 406 g/mol. The van der Waals surface area contributed by atoms with E-state index >= 15 is 0 Å². The normalized spacial score (nSPS) is 11.4. The van der Waals surface area contributed by atoms with E-state index in [2.05, 4.69) is 10.6 Å². The molecule has 2 N–H and O–H groups in total. The molecule has 2 rings (SSSR count). The molecule has 174 valence electrons. The van der Waals surface area contributed by atoms with Crippen molar-refractivity contribution in [3.05, 3.63) is 53.6 Å². The van der Waals surface area contributed by atoms with Crippen molar-refractivity contribution in [2.45, 2.75) is 46.1 Å². The van der Waals surface area contributed by atoms with E-state index in [1.807, 2.05) is 63.2 Å². The number of nitrogens with one attached hydrogen (secondary N) is 2. The summed E-state index contributed by atoms with van der Waals surface area (Å²) in [7, 11) is 3.20. The van der Waals surface area contributed by atoms with Gasteiger partial charge < -0.3 is 25.0 Å². The summed E-state index contributed by atoms with van der Waals surface area (Å²) in [4.78, 5) is 26.9. The number of ether oxygens (including phenoxy) is 2. The van der Waals surface area contributed by atoms with Gasteiger partial charge in [0.25, 0.3) is 0 Å². The number of nitrogens with zero attached hydrogens (tertiary/aromatic N) is 1. The van der Waals surface area contributed by atoms with Crippen molar-refractivity contribution in [2.75, 3.05) is 32.6 Å². The van der Waals surface area contributed by atoms with E-state index in [4.69, 9.17) is 9.47 Å². The number of hydrogen-bond donors (Lipinski definition) is 2. The molecule has 7 nitrogen and oxygen atoms in total. The van der Waals surface area contributed by atoms with Crippen molar-refractivity contribution in [1.29, 1.82) is 0 Å². The Morgan fingerprint density at radius 3 is 2.47 bits per heavy atom. The van der Waals surface area contributed by atoms with Crippen LogP contribution < -0.4 is 20.1 Å². The fourth-order valence-corrected chi connectivity index (χ4v) is 3.35. The first-order valence-corrected chi connectivity index (χ1v) is 11.0. The lowest BCUT2D eigenvalue weighted by molar-refractivity contribution is -0.121. The zero-order valence-corrected chi connectivity index (χ0v) is 19.7. The van der Waals surface area contributed by atoms with E-state index < -0.39 is 0 Å². The standard InChI is InChI=1S/C25H35N3O4/c1-6-19(3)28(25(30)27-21-9-7-8-18(2)16-21)15-13-24(29)26-14-12-20-10-11-22(31-4)23(17-20)32-5/h7-11,16-17,19H,6,12-15H2,1-5H3,(H,26,29)(H,27,30). The average molecular weight is 442 g/mol. The minimum absolute atomic E-state index is 0.0272. The van der Waals surface area contributed by atoms with E-state index in [9.17, 15) is 9.59 Å². The van der Waals surface area contributed by atoms with Gasteiger partial charge in [-0.2, -0.15) is 0 Å². The second kappa shape index (κ2) is 12.6. The smallest absolute Gasteiger partial charge is 0.322 e. The van der Waals surface area contributed by atoms with Crippen molar-refractivity contribution in [3.8, 4) is 11.5 Å². The highest BCUT2D eigenvalue weighted by Crippen LogP contribution is 2.27. The maximum atomic E-state index is 12.8. The number of benzene rings is 2. The Balaban J connectivity index is 1.85. The van der Waals surface area contributed by atoms with Gasteiger partial charge in [0.1, 0.15) is 0 Å². The second-order valence-electron chi connectivity index (χ2n) is 7.79. The molecule has 0 spiro atoms. The monoisotopic (exact) mass is 441 g/mol. The van der Waals surface area contributed by atoms with E-state index in [1.54, 1.807) is 19.1 Å². The average Bonchev–Trinajstić information content (AvgIpc) is 2.78. The SMILES string of the molecule is CCC(C)N(CCC(=O)NCCc1ccc(OC)c(OC)c1)C(=O)Nc1cccc(C)c1. The molecule has 0 heterocycles.